The summed E-state index contributed by atoms with van der Waals surface area (Å²) in [6, 6.07) is 2.38. The van der Waals surface area contributed by atoms with Gasteiger partial charge in [-0.15, -0.1) is 11.3 Å². The highest BCUT2D eigenvalue weighted by atomic mass is 35.5. The van der Waals surface area contributed by atoms with E-state index in [1.165, 1.54) is 18.4 Å². The number of nitrogens with two attached hydrogens (primary N) is 1. The van der Waals surface area contributed by atoms with E-state index < -0.39 is 0 Å². The van der Waals surface area contributed by atoms with Gasteiger partial charge in [0.1, 0.15) is 0 Å². The van der Waals surface area contributed by atoms with Gasteiger partial charge in [-0.2, -0.15) is 0 Å². The zero-order valence-electron chi connectivity index (χ0n) is 7.72. The maximum atomic E-state index is 5.96. The van der Waals surface area contributed by atoms with Crippen molar-refractivity contribution in [2.75, 3.05) is 0 Å². The molecule has 3 heteroatoms. The lowest BCUT2D eigenvalue weighted by atomic mass is 9.92. The maximum absolute atomic E-state index is 5.96. The molecule has 1 nitrogen and oxygen atoms in total. The highest BCUT2D eigenvalue weighted by Gasteiger charge is 2.45. The summed E-state index contributed by atoms with van der Waals surface area (Å²) < 4.78 is 0.885. The average Bonchev–Trinajstić information content (AvgIpc) is 2.72. The van der Waals surface area contributed by atoms with Gasteiger partial charge in [0.25, 0.3) is 0 Å². The molecule has 0 aliphatic heterocycles. The lowest BCUT2D eigenvalue weighted by molar-refractivity contribution is 0.419. The molecule has 0 spiro atoms. The van der Waals surface area contributed by atoms with Crippen LogP contribution in [0.15, 0.2) is 11.4 Å². The second-order valence-electron chi connectivity index (χ2n) is 4.09. The number of hydrogen-bond acceptors (Lipinski definition) is 2. The smallest absolute Gasteiger partial charge is 0.0931 e. The van der Waals surface area contributed by atoms with Crippen molar-refractivity contribution < 1.29 is 0 Å². The van der Waals surface area contributed by atoms with E-state index in [4.69, 9.17) is 17.3 Å². The summed E-state index contributed by atoms with van der Waals surface area (Å²) in [6.45, 7) is 2.11. The second kappa shape index (κ2) is 3.26. The Kier molecular flexibility index (Phi) is 2.39. The molecule has 2 N–H and O–H groups in total. The summed E-state index contributed by atoms with van der Waals surface area (Å²) in [4.78, 5) is 0. The van der Waals surface area contributed by atoms with E-state index >= 15 is 0 Å². The van der Waals surface area contributed by atoms with E-state index in [0.29, 0.717) is 11.5 Å². The quantitative estimate of drug-likeness (QED) is 0.824. The van der Waals surface area contributed by atoms with Gasteiger partial charge in [0.05, 0.1) is 4.34 Å². The molecule has 1 aliphatic rings. The topological polar surface area (TPSA) is 26.0 Å². The SMILES string of the molecule is CC(N)C1(Cc2csc(Cl)c2)CC1. The molecule has 1 aromatic heterocycles. The van der Waals surface area contributed by atoms with Crippen LogP contribution >= 0.6 is 22.9 Å². The standard InChI is InChI=1S/C10H14ClNS/c1-7(12)10(2-3-10)5-8-4-9(11)13-6-8/h4,6-7H,2-3,5,12H2,1H3. The summed E-state index contributed by atoms with van der Waals surface area (Å²) >= 11 is 7.49. The van der Waals surface area contributed by atoms with Crippen molar-refractivity contribution in [1.29, 1.82) is 0 Å². The van der Waals surface area contributed by atoms with E-state index in [1.807, 2.05) is 0 Å². The minimum Gasteiger partial charge on any atom is -0.327 e. The molecule has 2 rings (SSSR count). The van der Waals surface area contributed by atoms with Crippen LogP contribution in [0.25, 0.3) is 0 Å². The van der Waals surface area contributed by atoms with Crippen molar-refractivity contribution >= 4 is 22.9 Å². The largest absolute Gasteiger partial charge is 0.327 e. The Morgan fingerprint density at radius 2 is 2.38 bits per heavy atom. The van der Waals surface area contributed by atoms with Crippen molar-refractivity contribution in [2.24, 2.45) is 11.1 Å². The minimum absolute atomic E-state index is 0.311. The second-order valence-corrected chi connectivity index (χ2v) is 5.63. The van der Waals surface area contributed by atoms with Crippen LogP contribution in [0.5, 0.6) is 0 Å². The lowest BCUT2D eigenvalue weighted by Crippen LogP contribution is -2.29. The van der Waals surface area contributed by atoms with Gasteiger partial charge in [-0.1, -0.05) is 11.6 Å². The van der Waals surface area contributed by atoms with Gasteiger partial charge in [-0.05, 0) is 48.6 Å². The first-order valence-corrected chi connectivity index (χ1v) is 5.87. The van der Waals surface area contributed by atoms with Crippen LogP contribution in [0, 0.1) is 5.41 Å². The molecule has 0 bridgehead atoms. The minimum atomic E-state index is 0.311. The molecule has 13 heavy (non-hydrogen) atoms. The van der Waals surface area contributed by atoms with Gasteiger partial charge in [0, 0.05) is 6.04 Å². The Morgan fingerprint density at radius 3 is 2.77 bits per heavy atom. The first kappa shape index (κ1) is 9.50. The molecule has 1 unspecified atom stereocenters. The molecule has 0 radical (unpaired) electrons. The zero-order chi connectivity index (χ0) is 9.47. The van der Waals surface area contributed by atoms with Crippen molar-refractivity contribution in [1.82, 2.24) is 0 Å². The molecule has 0 amide bonds. The molecule has 1 atom stereocenters. The van der Waals surface area contributed by atoms with Crippen molar-refractivity contribution in [2.45, 2.75) is 32.2 Å². The highest BCUT2D eigenvalue weighted by Crippen LogP contribution is 2.50. The predicted octanol–water partition coefficient (Wildman–Crippen LogP) is 3.07. The third-order valence-electron chi connectivity index (χ3n) is 3.04. The molecule has 72 valence electrons. The van der Waals surface area contributed by atoms with Crippen molar-refractivity contribution in [3.8, 4) is 0 Å². The molecule has 1 aliphatic carbocycles. The third-order valence-corrected chi connectivity index (χ3v) is 4.18. The fourth-order valence-electron chi connectivity index (χ4n) is 1.80. The Morgan fingerprint density at radius 1 is 1.69 bits per heavy atom. The monoisotopic (exact) mass is 215 g/mol. The predicted molar refractivity (Wildman–Crippen MR) is 58.3 cm³/mol. The lowest BCUT2D eigenvalue weighted by Gasteiger charge is -2.18. The summed E-state index contributed by atoms with van der Waals surface area (Å²) in [5, 5.41) is 2.14. The number of hydrogen-bond donors (Lipinski definition) is 1. The van der Waals surface area contributed by atoms with Crippen LogP contribution < -0.4 is 5.73 Å². The Balaban J connectivity index is 2.06. The van der Waals surface area contributed by atoms with Crippen LogP contribution in [0.4, 0.5) is 0 Å². The van der Waals surface area contributed by atoms with E-state index in [1.54, 1.807) is 11.3 Å². The van der Waals surface area contributed by atoms with E-state index in [2.05, 4.69) is 18.4 Å². The summed E-state index contributed by atoms with van der Waals surface area (Å²) in [6.07, 6.45) is 3.66. The van der Waals surface area contributed by atoms with E-state index in [0.717, 1.165) is 10.8 Å². The molecule has 1 saturated carbocycles. The Labute approximate surface area is 87.9 Å². The van der Waals surface area contributed by atoms with Gasteiger partial charge >= 0.3 is 0 Å². The molecule has 1 fully saturated rings. The third kappa shape index (κ3) is 1.90. The summed E-state index contributed by atoms with van der Waals surface area (Å²) in [5.41, 5.74) is 7.70. The average molecular weight is 216 g/mol. The van der Waals surface area contributed by atoms with E-state index in [9.17, 15) is 0 Å². The van der Waals surface area contributed by atoms with Gasteiger partial charge in [-0.3, -0.25) is 0 Å². The molecular formula is C10H14ClNS. The fourth-order valence-corrected chi connectivity index (χ4v) is 2.71. The van der Waals surface area contributed by atoms with Crippen LogP contribution in [0.3, 0.4) is 0 Å². The van der Waals surface area contributed by atoms with E-state index in [-0.39, 0.29) is 0 Å². The molecule has 0 aromatic carbocycles. The zero-order valence-corrected chi connectivity index (χ0v) is 9.29. The van der Waals surface area contributed by atoms with Crippen molar-refractivity contribution in [3.63, 3.8) is 0 Å². The molecular weight excluding hydrogens is 202 g/mol. The Hall–Kier alpha value is -0.0500. The number of rotatable bonds is 3. The van der Waals surface area contributed by atoms with Crippen molar-refractivity contribution in [3.05, 3.63) is 21.3 Å². The first-order valence-electron chi connectivity index (χ1n) is 4.61. The number of halogens is 1. The number of thiophene rings is 1. The van der Waals surface area contributed by atoms with Crippen LogP contribution in [0.2, 0.25) is 4.34 Å². The Bertz CT molecular complexity index is 302. The van der Waals surface area contributed by atoms with Gasteiger partial charge < -0.3 is 5.73 Å². The highest BCUT2D eigenvalue weighted by molar-refractivity contribution is 7.14. The van der Waals surface area contributed by atoms with Gasteiger partial charge in [-0.25, -0.2) is 0 Å². The molecule has 0 saturated heterocycles. The van der Waals surface area contributed by atoms with Crippen LogP contribution in [0.1, 0.15) is 25.3 Å². The van der Waals surface area contributed by atoms with Gasteiger partial charge in [0.2, 0.25) is 0 Å². The molecule has 1 heterocycles. The summed E-state index contributed by atoms with van der Waals surface area (Å²) in [7, 11) is 0. The van der Waals surface area contributed by atoms with Gasteiger partial charge in [0.15, 0.2) is 0 Å². The fraction of sp³-hybridized carbons (Fsp3) is 0.600. The summed E-state index contributed by atoms with van der Waals surface area (Å²) in [5.74, 6) is 0. The van der Waals surface area contributed by atoms with Crippen LogP contribution in [-0.4, -0.2) is 6.04 Å². The maximum Gasteiger partial charge on any atom is 0.0931 e. The normalized spacial score (nSPS) is 21.5. The molecule has 1 aromatic rings. The van der Waals surface area contributed by atoms with Crippen LogP contribution in [-0.2, 0) is 6.42 Å². The first-order chi connectivity index (χ1) is 6.12.